The van der Waals surface area contributed by atoms with Gasteiger partial charge < -0.3 is 14.7 Å². The highest BCUT2D eigenvalue weighted by molar-refractivity contribution is 5.98. The van der Waals surface area contributed by atoms with E-state index in [0.29, 0.717) is 11.1 Å². The normalized spacial score (nSPS) is 10.6. The molecule has 0 aliphatic heterocycles. The number of nitrogens with zero attached hydrogens (tertiary/aromatic N) is 5. The average Bonchev–Trinajstić information content (AvgIpc) is 3.34. The van der Waals surface area contributed by atoms with Crippen molar-refractivity contribution in [2.24, 2.45) is 0 Å². The molecule has 9 rings (SSSR count). The molecule has 0 bridgehead atoms. The zero-order valence-corrected chi connectivity index (χ0v) is 33.3. The van der Waals surface area contributed by atoms with Crippen LogP contribution >= 0.6 is 0 Å². The van der Waals surface area contributed by atoms with Gasteiger partial charge in [0.15, 0.2) is 0 Å². The van der Waals surface area contributed by atoms with Gasteiger partial charge in [-0.05, 0) is 132 Å². The third-order valence-electron chi connectivity index (χ3n) is 10.7. The summed E-state index contributed by atoms with van der Waals surface area (Å²) in [6.07, 6.45) is 0. The summed E-state index contributed by atoms with van der Waals surface area (Å²) in [7, 11) is 0. The van der Waals surface area contributed by atoms with Gasteiger partial charge in [-0.2, -0.15) is 10.5 Å². The van der Waals surface area contributed by atoms with E-state index in [4.69, 9.17) is 0 Å². The molecule has 0 N–H and O–H groups in total. The van der Waals surface area contributed by atoms with E-state index in [1.165, 1.54) is 0 Å². The highest BCUT2D eigenvalue weighted by Gasteiger charge is 2.24. The van der Waals surface area contributed by atoms with Crippen LogP contribution in [-0.2, 0) is 0 Å². The second kappa shape index (κ2) is 17.5. The fraction of sp³-hybridized carbons (Fsp3) is 0. The first-order valence-electron chi connectivity index (χ1n) is 20.1. The molecular weight excluding hydrogens is 743 g/mol. The van der Waals surface area contributed by atoms with E-state index < -0.39 is 0 Å². The van der Waals surface area contributed by atoms with Crippen LogP contribution in [0.3, 0.4) is 0 Å². The number of hydrogen-bond donors (Lipinski definition) is 0. The summed E-state index contributed by atoms with van der Waals surface area (Å²) >= 11 is 0. The molecule has 0 unspecified atom stereocenters. The summed E-state index contributed by atoms with van der Waals surface area (Å²) in [5.41, 5.74) is 13.9. The Bertz CT molecular complexity index is 2690. The van der Waals surface area contributed by atoms with Crippen LogP contribution in [0.15, 0.2) is 237 Å². The van der Waals surface area contributed by atoms with Crippen LogP contribution in [0.5, 0.6) is 0 Å². The monoisotopic (exact) mass is 781 g/mol. The van der Waals surface area contributed by atoms with Gasteiger partial charge in [0.1, 0.15) is 0 Å². The zero-order valence-electron chi connectivity index (χ0n) is 33.3. The third kappa shape index (κ3) is 7.96. The molecule has 0 atom stereocenters. The van der Waals surface area contributed by atoms with E-state index in [2.05, 4.69) is 197 Å². The minimum Gasteiger partial charge on any atom is -0.311 e. The lowest BCUT2D eigenvalue weighted by Crippen LogP contribution is -2.14. The molecule has 0 heterocycles. The molecule has 0 saturated carbocycles. The first-order valence-corrected chi connectivity index (χ1v) is 20.1. The van der Waals surface area contributed by atoms with Crippen LogP contribution in [0.2, 0.25) is 0 Å². The molecule has 0 aromatic heterocycles. The molecule has 0 aliphatic carbocycles. The SMILES string of the molecule is N#Cc1cccc(-c2cccc(-c3cccc(C#N)c3)c2N(c2ccc(N(c3ccccc3)c3ccccc3)cc2)c2ccc(N(c3ccccc3)c3ccccc3)cc2)c1. The second-order valence-corrected chi connectivity index (χ2v) is 14.5. The smallest absolute Gasteiger partial charge is 0.0991 e. The van der Waals surface area contributed by atoms with Gasteiger partial charge in [-0.25, -0.2) is 0 Å². The van der Waals surface area contributed by atoms with E-state index in [0.717, 1.165) is 73.4 Å². The largest absolute Gasteiger partial charge is 0.311 e. The third-order valence-corrected chi connectivity index (χ3v) is 10.7. The Morgan fingerprint density at radius 1 is 0.262 bits per heavy atom. The summed E-state index contributed by atoms with van der Waals surface area (Å²) in [6.45, 7) is 0. The fourth-order valence-corrected chi connectivity index (χ4v) is 7.87. The Morgan fingerprint density at radius 2 is 0.541 bits per heavy atom. The van der Waals surface area contributed by atoms with E-state index >= 15 is 0 Å². The van der Waals surface area contributed by atoms with Gasteiger partial charge in [0.05, 0.1) is 29.0 Å². The standard InChI is InChI=1S/C56H39N5/c57-40-42-16-13-18-44(38-42)54-28-15-29-55(45-19-14-17-43(39-45)41-58)56(54)61(52-34-30-50(31-35-52)59(46-20-5-1-6-21-46)47-22-7-2-8-23-47)53-36-32-51(33-37-53)60(48-24-9-3-10-25-48)49-26-11-4-12-27-49/h1-39H. The van der Waals surface area contributed by atoms with Crippen molar-refractivity contribution in [1.29, 1.82) is 10.5 Å². The lowest BCUT2D eigenvalue weighted by Gasteiger charge is -2.32. The quantitative estimate of drug-likeness (QED) is 0.131. The van der Waals surface area contributed by atoms with Gasteiger partial charge >= 0.3 is 0 Å². The lowest BCUT2D eigenvalue weighted by molar-refractivity contribution is 1.24. The Kier molecular flexibility index (Phi) is 10.9. The van der Waals surface area contributed by atoms with Crippen LogP contribution in [0.4, 0.5) is 51.2 Å². The molecule has 9 aromatic carbocycles. The summed E-state index contributed by atoms with van der Waals surface area (Å²) in [5, 5.41) is 20.0. The number of anilines is 9. The lowest BCUT2D eigenvalue weighted by atomic mass is 9.93. The van der Waals surface area contributed by atoms with Crippen molar-refractivity contribution in [3.8, 4) is 34.4 Å². The van der Waals surface area contributed by atoms with Gasteiger partial charge in [-0.1, -0.05) is 115 Å². The van der Waals surface area contributed by atoms with Crippen LogP contribution in [0, 0.1) is 22.7 Å². The molecule has 5 heteroatoms. The molecule has 288 valence electrons. The minimum absolute atomic E-state index is 0.574. The number of hydrogen-bond acceptors (Lipinski definition) is 5. The maximum Gasteiger partial charge on any atom is 0.0991 e. The maximum atomic E-state index is 10.0. The molecule has 0 saturated heterocycles. The molecule has 0 aliphatic rings. The van der Waals surface area contributed by atoms with E-state index in [9.17, 15) is 10.5 Å². The summed E-state index contributed by atoms with van der Waals surface area (Å²) in [6, 6.07) is 85.3. The highest BCUT2D eigenvalue weighted by Crippen LogP contribution is 2.48. The predicted octanol–water partition coefficient (Wildman–Crippen LogP) is 15.2. The number of rotatable bonds is 11. The van der Waals surface area contributed by atoms with Crippen LogP contribution in [0.25, 0.3) is 22.3 Å². The topological polar surface area (TPSA) is 57.3 Å². The molecule has 61 heavy (non-hydrogen) atoms. The van der Waals surface area contributed by atoms with Crippen LogP contribution in [-0.4, -0.2) is 0 Å². The number of para-hydroxylation sites is 5. The van der Waals surface area contributed by atoms with Crippen molar-refractivity contribution in [1.82, 2.24) is 0 Å². The van der Waals surface area contributed by atoms with Crippen molar-refractivity contribution in [2.75, 3.05) is 14.7 Å². The molecule has 9 aromatic rings. The molecular formula is C56H39N5. The van der Waals surface area contributed by atoms with E-state index in [1.807, 2.05) is 66.7 Å². The molecule has 0 spiro atoms. The van der Waals surface area contributed by atoms with Gasteiger partial charge in [0.25, 0.3) is 0 Å². The van der Waals surface area contributed by atoms with Crippen molar-refractivity contribution >= 4 is 51.2 Å². The maximum absolute atomic E-state index is 10.0. The van der Waals surface area contributed by atoms with Gasteiger partial charge in [-0.15, -0.1) is 0 Å². The Hall–Kier alpha value is -8.64. The Balaban J connectivity index is 1.26. The number of nitriles is 2. The van der Waals surface area contributed by atoms with Crippen LogP contribution in [0.1, 0.15) is 11.1 Å². The van der Waals surface area contributed by atoms with Crippen LogP contribution < -0.4 is 14.7 Å². The summed E-state index contributed by atoms with van der Waals surface area (Å²) in [4.78, 5) is 6.80. The number of benzene rings is 9. The van der Waals surface area contributed by atoms with E-state index in [-0.39, 0.29) is 0 Å². The average molecular weight is 782 g/mol. The van der Waals surface area contributed by atoms with Gasteiger partial charge in [0, 0.05) is 56.6 Å². The minimum atomic E-state index is 0.574. The second-order valence-electron chi connectivity index (χ2n) is 14.5. The fourth-order valence-electron chi connectivity index (χ4n) is 7.87. The van der Waals surface area contributed by atoms with Crippen molar-refractivity contribution < 1.29 is 0 Å². The highest BCUT2D eigenvalue weighted by atomic mass is 15.2. The summed E-state index contributed by atoms with van der Waals surface area (Å²) in [5.74, 6) is 0. The predicted molar refractivity (Wildman–Crippen MR) is 251 cm³/mol. The van der Waals surface area contributed by atoms with Gasteiger partial charge in [0.2, 0.25) is 0 Å². The van der Waals surface area contributed by atoms with Crippen molar-refractivity contribution in [3.63, 3.8) is 0 Å². The first-order chi connectivity index (χ1) is 30.2. The zero-order chi connectivity index (χ0) is 41.4. The Morgan fingerprint density at radius 3 is 0.852 bits per heavy atom. The van der Waals surface area contributed by atoms with Gasteiger partial charge in [-0.3, -0.25) is 0 Å². The molecule has 0 radical (unpaired) electrons. The van der Waals surface area contributed by atoms with E-state index in [1.54, 1.807) is 0 Å². The van der Waals surface area contributed by atoms with Crippen molar-refractivity contribution in [3.05, 3.63) is 248 Å². The Labute approximate surface area is 357 Å². The molecule has 0 amide bonds. The van der Waals surface area contributed by atoms with Crippen molar-refractivity contribution in [2.45, 2.75) is 0 Å². The molecule has 5 nitrogen and oxygen atoms in total. The molecule has 0 fully saturated rings. The summed E-state index contributed by atoms with van der Waals surface area (Å²) < 4.78 is 0. The first kappa shape index (κ1) is 37.9.